The molecule has 0 fully saturated rings. The molecule has 0 N–H and O–H groups in total. The molecule has 54 heavy (non-hydrogen) atoms. The first-order chi connectivity index (χ1) is 25.2. The fraction of sp³-hybridized carbons (Fsp3) is 0.333. The third-order valence-corrected chi connectivity index (χ3v) is 10.1. The maximum absolute atomic E-state index is 6.76. The van der Waals surface area contributed by atoms with Crippen LogP contribution in [0.4, 0.5) is 0 Å². The zero-order valence-electron chi connectivity index (χ0n) is 33.6. The fourth-order valence-corrected chi connectivity index (χ4v) is 7.85. The summed E-state index contributed by atoms with van der Waals surface area (Å²) < 4.78 is 11.1. The third kappa shape index (κ3) is 7.71. The Kier molecular flexibility index (Phi) is 11.1. The molecule has 3 aromatic heterocycles. The molecule has 0 aliphatic rings. The van der Waals surface area contributed by atoms with Gasteiger partial charge >= 0.3 is 21.1 Å². The fourth-order valence-electron chi connectivity index (χ4n) is 7.85. The molecule has 5 nitrogen and oxygen atoms in total. The second kappa shape index (κ2) is 15.3. The van der Waals surface area contributed by atoms with Crippen molar-refractivity contribution in [1.82, 2.24) is 19.3 Å². The van der Waals surface area contributed by atoms with Crippen molar-refractivity contribution in [1.29, 1.82) is 0 Å². The van der Waals surface area contributed by atoms with Crippen LogP contribution in [0.5, 0.6) is 11.5 Å². The maximum Gasteiger partial charge on any atom is 2.00 e. The average molecular weight is 896 g/mol. The SMILES string of the molecule is Cc1cc(C)c(-c2c(C)nn(-c3[c-]c(Oc4[c-]c5c(cc4)c4ccccc4n5-c4cc(CC(C)C)ccn4)cc(C(C)(C)C)c3)c2CC(C)C)c(C)c1.[Pt+2]. The summed E-state index contributed by atoms with van der Waals surface area (Å²) in [5, 5.41) is 7.50. The number of hydrogen-bond donors (Lipinski definition) is 0. The third-order valence-electron chi connectivity index (χ3n) is 10.1. The van der Waals surface area contributed by atoms with Crippen LogP contribution in [0.1, 0.15) is 87.7 Å². The van der Waals surface area contributed by atoms with Gasteiger partial charge in [-0.25, -0.2) is 4.98 Å². The summed E-state index contributed by atoms with van der Waals surface area (Å²) in [4.78, 5) is 4.85. The summed E-state index contributed by atoms with van der Waals surface area (Å²) in [5.74, 6) is 3.13. The number of ether oxygens (including phenoxy) is 1. The summed E-state index contributed by atoms with van der Waals surface area (Å²) in [6.07, 6.45) is 3.79. The Labute approximate surface area is 336 Å². The molecule has 0 radical (unpaired) electrons. The van der Waals surface area contributed by atoms with Crippen LogP contribution in [0.2, 0.25) is 0 Å². The molecule has 4 aromatic carbocycles. The van der Waals surface area contributed by atoms with Crippen molar-refractivity contribution in [3.63, 3.8) is 0 Å². The first-order valence-corrected chi connectivity index (χ1v) is 19.0. The number of aryl methyl sites for hydroxylation is 4. The second-order valence-corrected chi connectivity index (χ2v) is 16.7. The Balaban J connectivity index is 0.00000497. The minimum atomic E-state index is -0.137. The van der Waals surface area contributed by atoms with Crippen LogP contribution in [0.3, 0.4) is 0 Å². The first-order valence-electron chi connectivity index (χ1n) is 19.0. The van der Waals surface area contributed by atoms with Crippen LogP contribution in [-0.2, 0) is 39.3 Å². The topological polar surface area (TPSA) is 44.9 Å². The quantitative estimate of drug-likeness (QED) is 0.136. The van der Waals surface area contributed by atoms with E-state index in [2.05, 4.69) is 164 Å². The molecule has 0 atom stereocenters. The molecule has 0 amide bonds. The van der Waals surface area contributed by atoms with Gasteiger partial charge in [-0.1, -0.05) is 89.9 Å². The molecule has 0 aliphatic heterocycles. The van der Waals surface area contributed by atoms with Gasteiger partial charge in [-0.3, -0.25) is 4.68 Å². The van der Waals surface area contributed by atoms with E-state index < -0.39 is 0 Å². The van der Waals surface area contributed by atoms with Crippen LogP contribution in [0, 0.1) is 51.7 Å². The Hall–Kier alpha value is -4.47. The Morgan fingerprint density at radius 1 is 0.741 bits per heavy atom. The molecular weight excluding hydrogens is 844 g/mol. The molecule has 6 heteroatoms. The van der Waals surface area contributed by atoms with Gasteiger partial charge < -0.3 is 9.30 Å². The van der Waals surface area contributed by atoms with Crippen LogP contribution in [-0.4, -0.2) is 19.3 Å². The van der Waals surface area contributed by atoms with Crippen molar-refractivity contribution in [2.75, 3.05) is 0 Å². The van der Waals surface area contributed by atoms with E-state index >= 15 is 0 Å². The number of nitrogens with zero attached hydrogens (tertiary/aromatic N) is 4. The number of aromatic nitrogens is 4. The molecule has 7 rings (SSSR count). The van der Waals surface area contributed by atoms with Gasteiger partial charge in [-0.05, 0) is 109 Å². The van der Waals surface area contributed by atoms with E-state index in [9.17, 15) is 0 Å². The minimum Gasteiger partial charge on any atom is -0.509 e. The monoisotopic (exact) mass is 895 g/mol. The Morgan fingerprint density at radius 3 is 2.13 bits per heavy atom. The van der Waals surface area contributed by atoms with E-state index in [-0.39, 0.29) is 26.5 Å². The largest absolute Gasteiger partial charge is 2.00 e. The maximum atomic E-state index is 6.76. The van der Waals surface area contributed by atoms with Crippen molar-refractivity contribution < 1.29 is 25.8 Å². The smallest absolute Gasteiger partial charge is 0.509 e. The zero-order chi connectivity index (χ0) is 37.8. The standard InChI is InChI=1S/C48H52N4O.Pt/c1-29(2)20-35-18-19-49-45(24-35)51-42-15-13-12-14-40(42)41-17-16-38(28-43(41)51)53-39-26-36(48(9,10)11)25-37(27-39)52-44(21-30(3)4)47(34(8)50-52)46-32(6)22-31(5)23-33(46)7;/h12-19,22-26,29-30H,20-21H2,1-11H3;/q-2;+2. The molecule has 0 saturated carbocycles. The van der Waals surface area contributed by atoms with Gasteiger partial charge in [-0.2, -0.15) is 11.2 Å². The zero-order valence-corrected chi connectivity index (χ0v) is 35.9. The molecule has 7 aromatic rings. The van der Waals surface area contributed by atoms with E-state index in [1.54, 1.807) is 0 Å². The molecule has 3 heterocycles. The summed E-state index contributed by atoms with van der Waals surface area (Å²) in [7, 11) is 0. The average Bonchev–Trinajstić information content (AvgIpc) is 3.57. The first kappa shape index (κ1) is 39.2. The summed E-state index contributed by atoms with van der Waals surface area (Å²) in [6.45, 7) is 24.5. The molecule has 0 saturated heterocycles. The number of pyridine rings is 1. The molecule has 280 valence electrons. The van der Waals surface area contributed by atoms with Crippen molar-refractivity contribution in [3.8, 4) is 34.1 Å². The second-order valence-electron chi connectivity index (χ2n) is 16.7. The molecule has 0 aliphatic carbocycles. The van der Waals surface area contributed by atoms with E-state index in [1.807, 2.05) is 12.3 Å². The predicted molar refractivity (Wildman–Crippen MR) is 220 cm³/mol. The Bertz CT molecular complexity index is 2450. The Morgan fingerprint density at radius 2 is 1.44 bits per heavy atom. The summed E-state index contributed by atoms with van der Waals surface area (Å²) in [6, 6.07) is 33.2. The molecular formula is C48H52N4OPt. The minimum absolute atomic E-state index is 0. The van der Waals surface area contributed by atoms with Crippen LogP contribution >= 0.6 is 0 Å². The van der Waals surface area contributed by atoms with E-state index in [1.165, 1.54) is 39.1 Å². The van der Waals surface area contributed by atoms with Crippen LogP contribution in [0.25, 0.3) is 44.4 Å². The van der Waals surface area contributed by atoms with Crippen molar-refractivity contribution in [2.24, 2.45) is 11.8 Å². The molecule has 0 spiro atoms. The summed E-state index contributed by atoms with van der Waals surface area (Å²) in [5.41, 5.74) is 13.7. The van der Waals surface area contributed by atoms with Gasteiger partial charge in [0.2, 0.25) is 0 Å². The number of fused-ring (bicyclic) bond motifs is 3. The van der Waals surface area contributed by atoms with Crippen molar-refractivity contribution in [2.45, 2.75) is 94.4 Å². The van der Waals surface area contributed by atoms with Gasteiger partial charge in [0, 0.05) is 28.8 Å². The van der Waals surface area contributed by atoms with E-state index in [0.717, 1.165) is 57.4 Å². The van der Waals surface area contributed by atoms with Crippen LogP contribution < -0.4 is 4.74 Å². The van der Waals surface area contributed by atoms with Crippen molar-refractivity contribution >= 4 is 21.8 Å². The van der Waals surface area contributed by atoms with E-state index in [4.69, 9.17) is 14.8 Å². The predicted octanol–water partition coefficient (Wildman–Crippen LogP) is 12.3. The molecule has 0 unspecified atom stereocenters. The van der Waals surface area contributed by atoms with Gasteiger partial charge in [-0.15, -0.1) is 41.3 Å². The van der Waals surface area contributed by atoms with E-state index in [0.29, 0.717) is 23.3 Å². The van der Waals surface area contributed by atoms with Gasteiger partial charge in [0.15, 0.2) is 0 Å². The van der Waals surface area contributed by atoms with Crippen LogP contribution in [0.15, 0.2) is 79.0 Å². The van der Waals surface area contributed by atoms with Crippen molar-refractivity contribution in [3.05, 3.63) is 130 Å². The van der Waals surface area contributed by atoms with Gasteiger partial charge in [0.1, 0.15) is 5.82 Å². The summed E-state index contributed by atoms with van der Waals surface area (Å²) >= 11 is 0. The van der Waals surface area contributed by atoms with Gasteiger partial charge in [0.25, 0.3) is 0 Å². The number of benzene rings is 4. The number of hydrogen-bond acceptors (Lipinski definition) is 3. The number of para-hydroxylation sites is 1. The normalized spacial score (nSPS) is 11.9. The van der Waals surface area contributed by atoms with Gasteiger partial charge in [0.05, 0.1) is 11.4 Å². The molecule has 0 bridgehead atoms. The number of rotatable bonds is 9.